The summed E-state index contributed by atoms with van der Waals surface area (Å²) in [6.07, 6.45) is 3.26. The van der Waals surface area contributed by atoms with Crippen LogP contribution in [0.5, 0.6) is 0 Å². The van der Waals surface area contributed by atoms with Crippen molar-refractivity contribution in [1.29, 1.82) is 0 Å². The van der Waals surface area contributed by atoms with E-state index in [9.17, 15) is 14.9 Å². The number of anilines is 1. The van der Waals surface area contributed by atoms with Gasteiger partial charge < -0.3 is 10.2 Å². The highest BCUT2D eigenvalue weighted by atomic mass is 35.5. The third-order valence-electron chi connectivity index (χ3n) is 3.61. The number of likely N-dealkylation sites (tertiary alicyclic amines) is 1. The van der Waals surface area contributed by atoms with E-state index in [4.69, 9.17) is 11.6 Å². The minimum atomic E-state index is -0.485. The number of amides is 1. The molecule has 0 bridgehead atoms. The van der Waals surface area contributed by atoms with Gasteiger partial charge >= 0.3 is 0 Å². The number of piperidine rings is 1. The molecule has 1 aromatic carbocycles. The Hall–Kier alpha value is -1.82. The van der Waals surface area contributed by atoms with E-state index >= 15 is 0 Å². The van der Waals surface area contributed by atoms with Crippen LogP contribution in [0.3, 0.4) is 0 Å². The lowest BCUT2D eigenvalue weighted by molar-refractivity contribution is -0.384. The van der Waals surface area contributed by atoms with Gasteiger partial charge in [0, 0.05) is 25.2 Å². The molecule has 0 aliphatic carbocycles. The van der Waals surface area contributed by atoms with Gasteiger partial charge in [-0.1, -0.05) is 11.6 Å². The number of rotatable bonds is 4. The Morgan fingerprint density at radius 3 is 2.62 bits per heavy atom. The second-order valence-corrected chi connectivity index (χ2v) is 5.58. The number of nitrogens with one attached hydrogen (secondary N) is 1. The first kappa shape index (κ1) is 15.6. The standard InChI is InChI=1S/C14H18ClN3O3/c1-10-7-11(18(20)21)8-12(15)14(10)16-9-13(19)17-5-3-2-4-6-17/h7-8,16H,2-6,9H2,1H3. The quantitative estimate of drug-likeness (QED) is 0.685. The fraction of sp³-hybridized carbons (Fsp3) is 0.500. The number of nitro benzene ring substituents is 1. The minimum Gasteiger partial charge on any atom is -0.375 e. The van der Waals surface area contributed by atoms with E-state index in [1.165, 1.54) is 18.6 Å². The van der Waals surface area contributed by atoms with E-state index in [0.29, 0.717) is 11.3 Å². The van der Waals surface area contributed by atoms with Gasteiger partial charge in [-0.05, 0) is 31.7 Å². The largest absolute Gasteiger partial charge is 0.375 e. The normalized spacial score (nSPS) is 14.9. The second-order valence-electron chi connectivity index (χ2n) is 5.17. The van der Waals surface area contributed by atoms with E-state index in [2.05, 4.69) is 5.32 Å². The first-order valence-electron chi connectivity index (χ1n) is 6.95. The van der Waals surface area contributed by atoms with Crippen LogP contribution < -0.4 is 5.32 Å². The Morgan fingerprint density at radius 1 is 1.38 bits per heavy atom. The predicted octanol–water partition coefficient (Wildman–Crippen LogP) is 2.98. The molecule has 0 saturated carbocycles. The molecular formula is C14H18ClN3O3. The van der Waals surface area contributed by atoms with E-state index in [0.717, 1.165) is 25.9 Å². The molecule has 1 N–H and O–H groups in total. The first-order chi connectivity index (χ1) is 9.99. The zero-order valence-corrected chi connectivity index (χ0v) is 12.7. The highest BCUT2D eigenvalue weighted by Gasteiger charge is 2.18. The van der Waals surface area contributed by atoms with Crippen LogP contribution in [0.15, 0.2) is 12.1 Å². The number of carbonyl (C=O) groups excluding carboxylic acids is 1. The summed E-state index contributed by atoms with van der Waals surface area (Å²) in [5, 5.41) is 14.0. The molecule has 0 unspecified atom stereocenters. The lowest BCUT2D eigenvalue weighted by Crippen LogP contribution is -2.39. The molecule has 0 spiro atoms. The number of non-ortho nitro benzene ring substituents is 1. The van der Waals surface area contributed by atoms with Crippen LogP contribution in [0.25, 0.3) is 0 Å². The molecule has 1 fully saturated rings. The maximum atomic E-state index is 12.1. The maximum absolute atomic E-state index is 12.1. The molecule has 1 aromatic rings. The van der Waals surface area contributed by atoms with Crippen LogP contribution in [0.4, 0.5) is 11.4 Å². The topological polar surface area (TPSA) is 75.5 Å². The Balaban J connectivity index is 2.02. The van der Waals surface area contributed by atoms with Crippen molar-refractivity contribution >= 4 is 28.9 Å². The maximum Gasteiger partial charge on any atom is 0.271 e. The molecule has 6 nitrogen and oxygen atoms in total. The molecule has 21 heavy (non-hydrogen) atoms. The van der Waals surface area contributed by atoms with E-state index in [1.54, 1.807) is 6.92 Å². The average molecular weight is 312 g/mol. The van der Waals surface area contributed by atoms with Crippen LogP contribution in [0, 0.1) is 17.0 Å². The Labute approximate surface area is 128 Å². The highest BCUT2D eigenvalue weighted by molar-refractivity contribution is 6.33. The fourth-order valence-electron chi connectivity index (χ4n) is 2.47. The molecule has 1 saturated heterocycles. The lowest BCUT2D eigenvalue weighted by atomic mass is 10.1. The van der Waals surface area contributed by atoms with Crippen LogP contribution >= 0.6 is 11.6 Å². The average Bonchev–Trinajstić information content (AvgIpc) is 2.46. The van der Waals surface area contributed by atoms with Gasteiger partial charge in [0.2, 0.25) is 5.91 Å². The third kappa shape index (κ3) is 3.85. The summed E-state index contributed by atoms with van der Waals surface area (Å²) >= 11 is 6.06. The number of hydrogen-bond donors (Lipinski definition) is 1. The Kier molecular flexibility index (Phi) is 5.01. The zero-order valence-electron chi connectivity index (χ0n) is 11.9. The number of benzene rings is 1. The van der Waals surface area contributed by atoms with Crippen molar-refractivity contribution in [1.82, 2.24) is 4.90 Å². The molecule has 0 radical (unpaired) electrons. The molecule has 0 atom stereocenters. The summed E-state index contributed by atoms with van der Waals surface area (Å²) < 4.78 is 0. The first-order valence-corrected chi connectivity index (χ1v) is 7.33. The number of halogens is 1. The number of hydrogen-bond acceptors (Lipinski definition) is 4. The van der Waals surface area contributed by atoms with Gasteiger partial charge in [0.25, 0.3) is 5.69 Å². The van der Waals surface area contributed by atoms with Gasteiger partial charge in [0.1, 0.15) is 0 Å². The van der Waals surface area contributed by atoms with E-state index in [1.807, 2.05) is 4.90 Å². The van der Waals surface area contributed by atoms with Crippen molar-refractivity contribution in [2.45, 2.75) is 26.2 Å². The van der Waals surface area contributed by atoms with Crippen molar-refractivity contribution in [2.24, 2.45) is 0 Å². The molecule has 114 valence electrons. The molecule has 1 heterocycles. The van der Waals surface area contributed by atoms with E-state index in [-0.39, 0.29) is 23.2 Å². The van der Waals surface area contributed by atoms with Crippen molar-refractivity contribution < 1.29 is 9.72 Å². The van der Waals surface area contributed by atoms with Gasteiger partial charge in [0.05, 0.1) is 22.2 Å². The highest BCUT2D eigenvalue weighted by Crippen LogP contribution is 2.30. The molecule has 1 amide bonds. The van der Waals surface area contributed by atoms with Crippen molar-refractivity contribution in [3.05, 3.63) is 32.8 Å². The SMILES string of the molecule is Cc1cc([N+](=O)[O-])cc(Cl)c1NCC(=O)N1CCCCC1. The molecule has 1 aliphatic rings. The molecule has 7 heteroatoms. The summed E-state index contributed by atoms with van der Waals surface area (Å²) in [5.41, 5.74) is 1.18. The Bertz CT molecular complexity index is 533. The fourth-order valence-corrected chi connectivity index (χ4v) is 2.80. The van der Waals surface area contributed by atoms with Crippen LogP contribution in [0.2, 0.25) is 5.02 Å². The summed E-state index contributed by atoms with van der Waals surface area (Å²) in [6, 6.07) is 2.74. The van der Waals surface area contributed by atoms with Crippen molar-refractivity contribution in [3.63, 3.8) is 0 Å². The van der Waals surface area contributed by atoms with Crippen LogP contribution in [-0.2, 0) is 4.79 Å². The molecule has 0 aromatic heterocycles. The second kappa shape index (κ2) is 6.76. The summed E-state index contributed by atoms with van der Waals surface area (Å²) in [5.74, 6) is 0.0310. The van der Waals surface area contributed by atoms with Gasteiger partial charge in [0.15, 0.2) is 0 Å². The zero-order chi connectivity index (χ0) is 15.4. The monoisotopic (exact) mass is 311 g/mol. The third-order valence-corrected chi connectivity index (χ3v) is 3.91. The van der Waals surface area contributed by atoms with Gasteiger partial charge in [-0.3, -0.25) is 14.9 Å². The number of aryl methyl sites for hydroxylation is 1. The molecule has 2 rings (SSSR count). The smallest absolute Gasteiger partial charge is 0.271 e. The molecular weight excluding hydrogens is 294 g/mol. The lowest BCUT2D eigenvalue weighted by Gasteiger charge is -2.27. The summed E-state index contributed by atoms with van der Waals surface area (Å²) in [7, 11) is 0. The van der Waals surface area contributed by atoms with E-state index < -0.39 is 4.92 Å². The van der Waals surface area contributed by atoms with Gasteiger partial charge in [-0.2, -0.15) is 0 Å². The van der Waals surface area contributed by atoms with Crippen LogP contribution in [0.1, 0.15) is 24.8 Å². The number of carbonyl (C=O) groups is 1. The van der Waals surface area contributed by atoms with Gasteiger partial charge in [-0.25, -0.2) is 0 Å². The minimum absolute atomic E-state index is 0.0310. The van der Waals surface area contributed by atoms with Gasteiger partial charge in [-0.15, -0.1) is 0 Å². The summed E-state index contributed by atoms with van der Waals surface area (Å²) in [6.45, 7) is 3.48. The molecule has 1 aliphatic heterocycles. The predicted molar refractivity (Wildman–Crippen MR) is 81.8 cm³/mol. The van der Waals surface area contributed by atoms with Crippen LogP contribution in [-0.4, -0.2) is 35.4 Å². The summed E-state index contributed by atoms with van der Waals surface area (Å²) in [4.78, 5) is 24.2. The van der Waals surface area contributed by atoms with Crippen molar-refractivity contribution in [3.8, 4) is 0 Å². The number of nitro groups is 1. The Morgan fingerprint density at radius 2 is 2.05 bits per heavy atom. The van der Waals surface area contributed by atoms with Crippen molar-refractivity contribution in [2.75, 3.05) is 25.0 Å². The number of nitrogens with zero attached hydrogens (tertiary/aromatic N) is 2.